The summed E-state index contributed by atoms with van der Waals surface area (Å²) in [6, 6.07) is 13.7. The van der Waals surface area contributed by atoms with Gasteiger partial charge in [-0.3, -0.25) is 9.59 Å². The van der Waals surface area contributed by atoms with Gasteiger partial charge in [-0.1, -0.05) is 57.2 Å². The van der Waals surface area contributed by atoms with Crippen molar-refractivity contribution in [3.05, 3.63) is 77.1 Å². The second-order valence-electron chi connectivity index (χ2n) is 12.0. The van der Waals surface area contributed by atoms with Crippen molar-refractivity contribution < 1.29 is 24.6 Å². The van der Waals surface area contributed by atoms with Crippen LogP contribution in [0.3, 0.4) is 0 Å². The molecule has 2 aromatic carbocycles. The highest BCUT2D eigenvalue weighted by molar-refractivity contribution is 5.97. The minimum Gasteiger partial charge on any atom is -0.465 e. The first kappa shape index (κ1) is 29.0. The number of carbonyl (C=O) groups is 3. The monoisotopic (exact) mass is 572 g/mol. The molecule has 1 saturated heterocycles. The van der Waals surface area contributed by atoms with Crippen molar-refractivity contribution in [3.63, 3.8) is 0 Å². The van der Waals surface area contributed by atoms with E-state index in [4.69, 9.17) is 5.73 Å². The van der Waals surface area contributed by atoms with Crippen molar-refractivity contribution in [1.29, 1.82) is 0 Å². The lowest BCUT2D eigenvalue weighted by atomic mass is 9.79. The van der Waals surface area contributed by atoms with Gasteiger partial charge in [-0.2, -0.15) is 0 Å². The van der Waals surface area contributed by atoms with E-state index in [-0.39, 0.29) is 41.3 Å². The van der Waals surface area contributed by atoms with Crippen molar-refractivity contribution in [2.75, 3.05) is 18.8 Å². The van der Waals surface area contributed by atoms with Crippen LogP contribution in [0.1, 0.15) is 65.2 Å². The topological polar surface area (TPSA) is 171 Å². The van der Waals surface area contributed by atoms with Crippen LogP contribution in [0.4, 0.5) is 10.6 Å². The largest absolute Gasteiger partial charge is 0.465 e. The summed E-state index contributed by atoms with van der Waals surface area (Å²) < 4.78 is 0. The van der Waals surface area contributed by atoms with Crippen LogP contribution in [0.25, 0.3) is 11.3 Å². The number of nitrogens with zero attached hydrogens (tertiary/aromatic N) is 3. The maximum atomic E-state index is 13.2. The highest BCUT2D eigenvalue weighted by Crippen LogP contribution is 2.37. The van der Waals surface area contributed by atoms with Crippen molar-refractivity contribution in [3.8, 4) is 11.3 Å². The second-order valence-corrected chi connectivity index (χ2v) is 12.0. The van der Waals surface area contributed by atoms with Gasteiger partial charge in [0.2, 0.25) is 0 Å². The summed E-state index contributed by atoms with van der Waals surface area (Å²) in [6.07, 6.45) is 0.869. The quantitative estimate of drug-likeness (QED) is 0.300. The standard InChI is InChI=1S/C31H36N6O5/c1-31(2,3)26-20(11-12-37(26)30(41)42)15-34-29(40)25-27(32)33-16-22(35-25)18-8-6-9-19(13-18)28(39)36-24-21-10-5-4-7-17(21)14-23(24)38/h4-10,13,16,20,23-24,26,38H,11-12,14-15H2,1-3H3,(H2,32,33)(H,34,40)(H,36,39)(H,41,42)/t20-,23-,24+,26?/m0/s1. The second kappa shape index (κ2) is 11.4. The average Bonchev–Trinajstić information content (AvgIpc) is 3.53. The zero-order chi connectivity index (χ0) is 30.2. The molecule has 6 N–H and O–H groups in total. The molecule has 1 fully saturated rings. The molecule has 1 unspecified atom stereocenters. The van der Waals surface area contributed by atoms with E-state index in [1.165, 1.54) is 11.1 Å². The van der Waals surface area contributed by atoms with Crippen LogP contribution >= 0.6 is 0 Å². The number of aliphatic hydroxyl groups excluding tert-OH is 1. The van der Waals surface area contributed by atoms with Crippen LogP contribution in [-0.2, 0) is 6.42 Å². The molecule has 1 aliphatic carbocycles. The Kier molecular flexibility index (Phi) is 7.87. The minimum atomic E-state index is -0.966. The maximum absolute atomic E-state index is 13.2. The predicted octanol–water partition coefficient (Wildman–Crippen LogP) is 3.26. The van der Waals surface area contributed by atoms with E-state index in [2.05, 4.69) is 20.6 Å². The molecule has 0 radical (unpaired) electrons. The molecule has 4 atom stereocenters. The zero-order valence-corrected chi connectivity index (χ0v) is 23.9. The number of amides is 3. The number of carboxylic acid groups (broad SMARTS) is 1. The van der Waals surface area contributed by atoms with E-state index >= 15 is 0 Å². The van der Waals surface area contributed by atoms with E-state index in [9.17, 15) is 24.6 Å². The number of rotatable bonds is 6. The molecule has 2 heterocycles. The molecular weight excluding hydrogens is 536 g/mol. The summed E-state index contributed by atoms with van der Waals surface area (Å²) in [5.41, 5.74) is 8.87. The maximum Gasteiger partial charge on any atom is 0.407 e. The summed E-state index contributed by atoms with van der Waals surface area (Å²) in [6.45, 7) is 6.64. The summed E-state index contributed by atoms with van der Waals surface area (Å²) in [5.74, 6) is -0.960. The van der Waals surface area contributed by atoms with Gasteiger partial charge in [0.1, 0.15) is 0 Å². The minimum absolute atomic E-state index is 0.0370. The molecule has 1 aromatic heterocycles. The van der Waals surface area contributed by atoms with Gasteiger partial charge in [-0.25, -0.2) is 14.8 Å². The molecule has 11 nitrogen and oxygen atoms in total. The van der Waals surface area contributed by atoms with Crippen LogP contribution in [-0.4, -0.2) is 68.2 Å². The highest BCUT2D eigenvalue weighted by atomic mass is 16.4. The summed E-state index contributed by atoms with van der Waals surface area (Å²) in [4.78, 5) is 48.2. The number of benzene rings is 2. The molecule has 0 saturated carbocycles. The Morgan fingerprint density at radius 1 is 1.10 bits per heavy atom. The molecule has 11 heteroatoms. The number of hydrogen-bond acceptors (Lipinski definition) is 7. The van der Waals surface area contributed by atoms with E-state index in [0.717, 1.165) is 11.1 Å². The van der Waals surface area contributed by atoms with Crippen molar-refractivity contribution >= 4 is 23.7 Å². The molecule has 42 heavy (non-hydrogen) atoms. The first-order chi connectivity index (χ1) is 19.9. The number of hydrogen-bond donors (Lipinski definition) is 5. The normalized spacial score (nSPS) is 21.6. The van der Waals surface area contributed by atoms with Gasteiger partial charge in [0.05, 0.1) is 24.0 Å². The van der Waals surface area contributed by atoms with Crippen LogP contribution in [0, 0.1) is 11.3 Å². The van der Waals surface area contributed by atoms with E-state index in [1.54, 1.807) is 24.3 Å². The van der Waals surface area contributed by atoms with Gasteiger partial charge in [0, 0.05) is 36.7 Å². The lowest BCUT2D eigenvalue weighted by Gasteiger charge is -2.37. The van der Waals surface area contributed by atoms with Crippen LogP contribution in [0.2, 0.25) is 0 Å². The summed E-state index contributed by atoms with van der Waals surface area (Å²) >= 11 is 0. The molecule has 220 valence electrons. The lowest BCUT2D eigenvalue weighted by molar-refractivity contribution is 0.0850. The molecule has 2 aliphatic rings. The fourth-order valence-electron chi connectivity index (χ4n) is 6.26. The van der Waals surface area contributed by atoms with E-state index in [1.807, 2.05) is 45.0 Å². The first-order valence-electron chi connectivity index (χ1n) is 14.0. The van der Waals surface area contributed by atoms with Gasteiger partial charge in [-0.15, -0.1) is 0 Å². The Balaban J connectivity index is 1.30. The Bertz CT molecular complexity index is 1520. The first-order valence-corrected chi connectivity index (χ1v) is 14.0. The molecule has 3 amide bonds. The predicted molar refractivity (Wildman–Crippen MR) is 157 cm³/mol. The van der Waals surface area contributed by atoms with Crippen molar-refractivity contribution in [2.24, 2.45) is 11.3 Å². The van der Waals surface area contributed by atoms with Crippen LogP contribution < -0.4 is 16.4 Å². The van der Waals surface area contributed by atoms with Gasteiger partial charge in [-0.05, 0) is 41.0 Å². The van der Waals surface area contributed by atoms with Gasteiger partial charge < -0.3 is 31.5 Å². The Labute approximate surface area is 244 Å². The Hall–Kier alpha value is -4.51. The molecule has 5 rings (SSSR count). The molecule has 0 bridgehead atoms. The molecular formula is C31H36N6O5. The number of nitrogens with one attached hydrogen (secondary N) is 2. The lowest BCUT2D eigenvalue weighted by Crippen LogP contribution is -2.48. The third kappa shape index (κ3) is 5.78. The number of anilines is 1. The van der Waals surface area contributed by atoms with Gasteiger partial charge in [0.25, 0.3) is 11.8 Å². The zero-order valence-electron chi connectivity index (χ0n) is 23.9. The third-order valence-electron chi connectivity index (χ3n) is 8.11. The van der Waals surface area contributed by atoms with Gasteiger partial charge in [0.15, 0.2) is 11.5 Å². The van der Waals surface area contributed by atoms with Crippen molar-refractivity contribution in [1.82, 2.24) is 25.5 Å². The van der Waals surface area contributed by atoms with Crippen molar-refractivity contribution in [2.45, 2.75) is 51.8 Å². The molecule has 1 aliphatic heterocycles. The van der Waals surface area contributed by atoms with E-state index in [0.29, 0.717) is 36.2 Å². The number of fused-ring (bicyclic) bond motifs is 1. The third-order valence-corrected chi connectivity index (χ3v) is 8.11. The molecule has 0 spiro atoms. The smallest absolute Gasteiger partial charge is 0.407 e. The fourth-order valence-corrected chi connectivity index (χ4v) is 6.26. The number of aromatic nitrogens is 2. The number of aliphatic hydroxyl groups is 1. The van der Waals surface area contributed by atoms with E-state index < -0.39 is 24.1 Å². The summed E-state index contributed by atoms with van der Waals surface area (Å²) in [5, 5.41) is 26.0. The number of carbonyl (C=O) groups excluding carboxylic acids is 2. The number of nitrogens with two attached hydrogens (primary N) is 1. The summed E-state index contributed by atoms with van der Waals surface area (Å²) in [7, 11) is 0. The van der Waals surface area contributed by atoms with Gasteiger partial charge >= 0.3 is 6.09 Å². The average molecular weight is 573 g/mol. The number of nitrogen functional groups attached to an aromatic ring is 1. The highest BCUT2D eigenvalue weighted by Gasteiger charge is 2.44. The SMILES string of the molecule is CC(C)(C)C1[C@H](CNC(=O)c2nc(-c3cccc(C(=O)N[C@@H]4c5ccccc5C[C@@H]4O)c3)cnc2N)CCN1C(=O)O. The fraction of sp³-hybridized carbons (Fsp3) is 0.387. The number of likely N-dealkylation sites (tertiary alicyclic amines) is 1. The molecule has 3 aromatic rings. The Morgan fingerprint density at radius 3 is 2.60 bits per heavy atom. The van der Waals surface area contributed by atoms with Crippen LogP contribution in [0.15, 0.2) is 54.7 Å². The van der Waals surface area contributed by atoms with Crippen LogP contribution in [0.5, 0.6) is 0 Å². The Morgan fingerprint density at radius 2 is 1.86 bits per heavy atom.